The van der Waals surface area contributed by atoms with Gasteiger partial charge in [-0.05, 0) is 18.6 Å². The highest BCUT2D eigenvalue weighted by Crippen LogP contribution is 2.38. The summed E-state index contributed by atoms with van der Waals surface area (Å²) < 4.78 is 43.9. The van der Waals surface area contributed by atoms with Gasteiger partial charge in [0.25, 0.3) is 0 Å². The molecule has 1 fully saturated rings. The summed E-state index contributed by atoms with van der Waals surface area (Å²) in [5, 5.41) is 0. The standard InChI is InChI=1S/C14H15F3O3/c1-2-3-4-9-12-18-13(20-19-12)10-7-5-6-8-11(10)14(15,16)17/h4-9,12-13H,2-3H2,1H3/b9-4+. The quantitative estimate of drug-likeness (QED) is 0.608. The van der Waals surface area contributed by atoms with Gasteiger partial charge < -0.3 is 4.74 Å². The van der Waals surface area contributed by atoms with Crippen LogP contribution in [-0.4, -0.2) is 6.29 Å². The van der Waals surface area contributed by atoms with Gasteiger partial charge in [0.1, 0.15) is 0 Å². The lowest BCUT2D eigenvalue weighted by Gasteiger charge is -2.14. The van der Waals surface area contributed by atoms with Crippen LogP contribution in [0.2, 0.25) is 0 Å². The molecular formula is C14H15F3O3. The first-order valence-electron chi connectivity index (χ1n) is 6.32. The molecule has 1 heterocycles. The van der Waals surface area contributed by atoms with E-state index < -0.39 is 24.3 Å². The fourth-order valence-electron chi connectivity index (χ4n) is 1.81. The summed E-state index contributed by atoms with van der Waals surface area (Å²) in [4.78, 5) is 9.70. The maximum atomic E-state index is 12.9. The zero-order valence-electron chi connectivity index (χ0n) is 10.9. The fourth-order valence-corrected chi connectivity index (χ4v) is 1.81. The van der Waals surface area contributed by atoms with Crippen LogP contribution in [0.5, 0.6) is 0 Å². The Hall–Kier alpha value is -1.37. The Morgan fingerprint density at radius 2 is 1.95 bits per heavy atom. The molecule has 0 N–H and O–H groups in total. The molecule has 2 rings (SSSR count). The minimum Gasteiger partial charge on any atom is -0.310 e. The number of benzene rings is 1. The second kappa shape index (κ2) is 6.39. The minimum absolute atomic E-state index is 0.0913. The van der Waals surface area contributed by atoms with Crippen LogP contribution in [0.15, 0.2) is 36.4 Å². The van der Waals surface area contributed by atoms with Crippen molar-refractivity contribution in [3.05, 3.63) is 47.5 Å². The molecule has 1 aromatic rings. The molecule has 3 nitrogen and oxygen atoms in total. The van der Waals surface area contributed by atoms with Gasteiger partial charge in [-0.15, -0.1) is 0 Å². The summed E-state index contributed by atoms with van der Waals surface area (Å²) in [5.41, 5.74) is -0.877. The molecule has 1 saturated heterocycles. The molecule has 0 radical (unpaired) electrons. The molecule has 0 aliphatic carbocycles. The first kappa shape index (κ1) is 15.0. The number of hydrogen-bond donors (Lipinski definition) is 0. The number of allylic oxidation sites excluding steroid dienone is 1. The molecule has 1 aromatic carbocycles. The van der Waals surface area contributed by atoms with E-state index in [0.717, 1.165) is 18.9 Å². The van der Waals surface area contributed by atoms with E-state index in [9.17, 15) is 13.2 Å². The second-order valence-electron chi connectivity index (χ2n) is 4.33. The van der Waals surface area contributed by atoms with Crippen LogP contribution in [0.4, 0.5) is 13.2 Å². The summed E-state index contributed by atoms with van der Waals surface area (Å²) in [6.45, 7) is 2.01. The Balaban J connectivity index is 2.11. The number of alkyl halides is 3. The van der Waals surface area contributed by atoms with E-state index in [-0.39, 0.29) is 5.56 Å². The van der Waals surface area contributed by atoms with Gasteiger partial charge in [-0.25, -0.2) is 0 Å². The van der Waals surface area contributed by atoms with Gasteiger partial charge in [0.2, 0.25) is 12.6 Å². The third kappa shape index (κ3) is 3.59. The van der Waals surface area contributed by atoms with Crippen LogP contribution in [-0.2, 0) is 20.7 Å². The maximum absolute atomic E-state index is 12.9. The maximum Gasteiger partial charge on any atom is 0.416 e. The number of hydrogen-bond acceptors (Lipinski definition) is 3. The van der Waals surface area contributed by atoms with E-state index >= 15 is 0 Å². The van der Waals surface area contributed by atoms with E-state index in [1.165, 1.54) is 18.2 Å². The Kier molecular flexibility index (Phi) is 4.80. The van der Waals surface area contributed by atoms with Crippen LogP contribution in [0.3, 0.4) is 0 Å². The monoisotopic (exact) mass is 288 g/mol. The molecule has 20 heavy (non-hydrogen) atoms. The predicted octanol–water partition coefficient (Wildman–Crippen LogP) is 4.36. The molecule has 0 aromatic heterocycles. The van der Waals surface area contributed by atoms with E-state index in [0.29, 0.717) is 0 Å². The van der Waals surface area contributed by atoms with Crippen LogP contribution >= 0.6 is 0 Å². The summed E-state index contributed by atoms with van der Waals surface area (Å²) in [6.07, 6.45) is -1.15. The van der Waals surface area contributed by atoms with Crippen molar-refractivity contribution in [1.82, 2.24) is 0 Å². The topological polar surface area (TPSA) is 27.7 Å². The Morgan fingerprint density at radius 1 is 1.20 bits per heavy atom. The van der Waals surface area contributed by atoms with Gasteiger partial charge in [0, 0.05) is 5.56 Å². The normalized spacial score (nSPS) is 23.6. The lowest BCUT2D eigenvalue weighted by Crippen LogP contribution is -2.13. The third-order valence-electron chi connectivity index (χ3n) is 2.76. The van der Waals surface area contributed by atoms with Crippen molar-refractivity contribution in [3.8, 4) is 0 Å². The van der Waals surface area contributed by atoms with E-state index in [1.54, 1.807) is 6.08 Å². The molecular weight excluding hydrogens is 273 g/mol. The van der Waals surface area contributed by atoms with E-state index in [2.05, 4.69) is 0 Å². The molecule has 0 spiro atoms. The summed E-state index contributed by atoms with van der Waals surface area (Å²) in [7, 11) is 0. The molecule has 110 valence electrons. The van der Waals surface area contributed by atoms with Crippen molar-refractivity contribution in [3.63, 3.8) is 0 Å². The van der Waals surface area contributed by atoms with Crippen molar-refractivity contribution in [1.29, 1.82) is 0 Å². The number of halogens is 3. The Morgan fingerprint density at radius 3 is 2.65 bits per heavy atom. The van der Waals surface area contributed by atoms with Crippen LogP contribution in [0.25, 0.3) is 0 Å². The lowest BCUT2D eigenvalue weighted by molar-refractivity contribution is -0.292. The Bertz CT molecular complexity index is 471. The molecule has 1 aliphatic rings. The van der Waals surface area contributed by atoms with Crippen molar-refractivity contribution in [2.45, 2.75) is 38.5 Å². The largest absolute Gasteiger partial charge is 0.416 e. The highest BCUT2D eigenvalue weighted by Gasteiger charge is 2.38. The molecule has 0 bridgehead atoms. The highest BCUT2D eigenvalue weighted by molar-refractivity contribution is 5.30. The zero-order valence-corrected chi connectivity index (χ0v) is 10.9. The van der Waals surface area contributed by atoms with Crippen LogP contribution < -0.4 is 0 Å². The molecule has 0 amide bonds. The first-order chi connectivity index (χ1) is 9.52. The summed E-state index contributed by atoms with van der Waals surface area (Å²) in [5.74, 6) is 0. The van der Waals surface area contributed by atoms with Crippen LogP contribution in [0.1, 0.15) is 37.2 Å². The summed E-state index contributed by atoms with van der Waals surface area (Å²) >= 11 is 0. The molecule has 1 aliphatic heterocycles. The summed E-state index contributed by atoms with van der Waals surface area (Å²) in [6, 6.07) is 5.12. The number of rotatable bonds is 4. The lowest BCUT2D eigenvalue weighted by atomic mass is 10.1. The smallest absolute Gasteiger partial charge is 0.310 e. The van der Waals surface area contributed by atoms with Crippen molar-refractivity contribution >= 4 is 0 Å². The average Bonchev–Trinajstić information content (AvgIpc) is 2.87. The first-order valence-corrected chi connectivity index (χ1v) is 6.32. The van der Waals surface area contributed by atoms with Gasteiger partial charge in [0.05, 0.1) is 5.56 Å². The number of ether oxygens (including phenoxy) is 1. The average molecular weight is 288 g/mol. The molecule has 0 saturated carbocycles. The molecule has 2 atom stereocenters. The van der Waals surface area contributed by atoms with Crippen LogP contribution in [0, 0.1) is 0 Å². The van der Waals surface area contributed by atoms with E-state index in [1.807, 2.05) is 13.0 Å². The predicted molar refractivity (Wildman–Crippen MR) is 65.3 cm³/mol. The second-order valence-corrected chi connectivity index (χ2v) is 4.33. The third-order valence-corrected chi connectivity index (χ3v) is 2.76. The Labute approximate surface area is 114 Å². The molecule has 2 unspecified atom stereocenters. The van der Waals surface area contributed by atoms with Crippen molar-refractivity contribution in [2.24, 2.45) is 0 Å². The number of unbranched alkanes of at least 4 members (excludes halogenated alkanes) is 1. The van der Waals surface area contributed by atoms with Gasteiger partial charge in [-0.3, -0.25) is 0 Å². The fraction of sp³-hybridized carbons (Fsp3) is 0.429. The van der Waals surface area contributed by atoms with Gasteiger partial charge in [-0.1, -0.05) is 37.6 Å². The zero-order chi connectivity index (χ0) is 14.6. The van der Waals surface area contributed by atoms with Gasteiger partial charge >= 0.3 is 6.18 Å². The SMILES string of the molecule is CCC/C=C/C1OOC(c2ccccc2C(F)(F)F)O1. The molecule has 6 heteroatoms. The van der Waals surface area contributed by atoms with Gasteiger partial charge in [0.15, 0.2) is 0 Å². The van der Waals surface area contributed by atoms with Crippen molar-refractivity contribution < 1.29 is 27.7 Å². The van der Waals surface area contributed by atoms with Crippen molar-refractivity contribution in [2.75, 3.05) is 0 Å². The minimum atomic E-state index is -4.46. The van der Waals surface area contributed by atoms with Gasteiger partial charge in [-0.2, -0.15) is 22.9 Å². The van der Waals surface area contributed by atoms with E-state index in [4.69, 9.17) is 14.5 Å². The highest BCUT2D eigenvalue weighted by atomic mass is 19.4.